The number of aliphatic hydroxyl groups excluding tert-OH is 2. The van der Waals surface area contributed by atoms with Crippen LogP contribution in [0.1, 0.15) is 36.0 Å². The Morgan fingerprint density at radius 2 is 1.60 bits per heavy atom. The van der Waals surface area contributed by atoms with Crippen molar-refractivity contribution in [3.8, 4) is 0 Å². The summed E-state index contributed by atoms with van der Waals surface area (Å²) in [6, 6.07) is 4.66. The Bertz CT molecular complexity index is 1410. The third kappa shape index (κ3) is 5.13. The van der Waals surface area contributed by atoms with E-state index in [4.69, 9.17) is 11.6 Å². The summed E-state index contributed by atoms with van der Waals surface area (Å²) in [6.45, 7) is -0.775. The van der Waals surface area contributed by atoms with Crippen LogP contribution in [0.4, 0.5) is 18.9 Å². The third-order valence-electron chi connectivity index (χ3n) is 8.58. The summed E-state index contributed by atoms with van der Waals surface area (Å²) in [7, 11) is -4.13. The minimum absolute atomic E-state index is 0.0430. The van der Waals surface area contributed by atoms with Crippen molar-refractivity contribution in [1.29, 1.82) is 0 Å². The quantitative estimate of drug-likeness (QED) is 0.225. The molecule has 2 aliphatic carbocycles. The number of hydrogen-bond acceptors (Lipinski definition) is 7. The molecule has 0 radical (unpaired) electrons. The molecular weight excluding hydrogens is 577 g/mol. The van der Waals surface area contributed by atoms with Gasteiger partial charge in [-0.3, -0.25) is 4.79 Å². The van der Waals surface area contributed by atoms with Crippen LogP contribution < -0.4 is 5.32 Å². The van der Waals surface area contributed by atoms with Crippen LogP contribution in [0.15, 0.2) is 35.2 Å². The standard InChI is InChI=1S/C26H28ClF3N2O7S/c27-18-4-1-13(25(35)31-16-8-19(28)24(30)20(29)9-16)5-23(18)40(38,39)17-6-14-2-3-15(7-17)26(14,36)12-32(37)10-21(33)22(34)11-32/h1,4-5,8-9,14-15,17,21-22,33-34,36H,2-3,6-7,10-12H2,(H,31,35)/t14?,15?,17?,21-,22-,26?/m1/s1. The minimum atomic E-state index is -4.13. The van der Waals surface area contributed by atoms with Crippen molar-refractivity contribution in [3.05, 3.63) is 63.6 Å². The highest BCUT2D eigenvalue weighted by Crippen LogP contribution is 2.53. The number of aliphatic hydroxyl groups is 3. The molecule has 2 aromatic rings. The molecule has 2 aromatic carbocycles. The van der Waals surface area contributed by atoms with Gasteiger partial charge in [-0.25, -0.2) is 21.6 Å². The highest BCUT2D eigenvalue weighted by atomic mass is 35.5. The second kappa shape index (κ2) is 10.2. The van der Waals surface area contributed by atoms with Crippen molar-refractivity contribution >= 4 is 33.0 Å². The van der Waals surface area contributed by atoms with E-state index in [1.807, 2.05) is 0 Å². The molecule has 2 unspecified atom stereocenters. The Morgan fingerprint density at radius 3 is 2.15 bits per heavy atom. The van der Waals surface area contributed by atoms with Crippen LogP contribution in [0.3, 0.4) is 0 Å². The number of likely N-dealkylation sites (tertiary alicyclic amines) is 1. The van der Waals surface area contributed by atoms with Crippen LogP contribution in [0, 0.1) is 34.5 Å². The zero-order chi connectivity index (χ0) is 29.2. The lowest BCUT2D eigenvalue weighted by Crippen LogP contribution is -2.59. The van der Waals surface area contributed by atoms with Crippen LogP contribution in [0.2, 0.25) is 5.02 Å². The number of hydrogen-bond donors (Lipinski definition) is 4. The summed E-state index contributed by atoms with van der Waals surface area (Å²) >= 11 is 6.23. The van der Waals surface area contributed by atoms with Gasteiger partial charge in [0.1, 0.15) is 37.4 Å². The number of hydroxylamine groups is 3. The van der Waals surface area contributed by atoms with Crippen molar-refractivity contribution < 1.29 is 46.3 Å². The molecular formula is C26H28ClF3N2O7S. The fourth-order valence-electron chi connectivity index (χ4n) is 6.59. The second-order valence-corrected chi connectivity index (χ2v) is 13.8. The number of quaternary nitrogens is 1. The van der Waals surface area contributed by atoms with Gasteiger partial charge < -0.3 is 30.5 Å². The van der Waals surface area contributed by atoms with Crippen LogP contribution in [0.5, 0.6) is 0 Å². The normalized spacial score (nSPS) is 31.4. The van der Waals surface area contributed by atoms with Gasteiger partial charge in [0, 0.05) is 23.4 Å². The van der Waals surface area contributed by atoms with E-state index >= 15 is 0 Å². The van der Waals surface area contributed by atoms with Gasteiger partial charge in [-0.05, 0) is 55.7 Å². The van der Waals surface area contributed by atoms with Gasteiger partial charge in [-0.1, -0.05) is 11.6 Å². The minimum Gasteiger partial charge on any atom is -0.633 e. The number of fused-ring (bicyclic) bond motifs is 2. The van der Waals surface area contributed by atoms with Crippen molar-refractivity contribution in [3.63, 3.8) is 0 Å². The van der Waals surface area contributed by atoms with Gasteiger partial charge in [0.05, 0.1) is 15.2 Å². The Kier molecular flexibility index (Phi) is 7.48. The lowest BCUT2D eigenvalue weighted by atomic mass is 9.74. The SMILES string of the molecule is O=C(Nc1cc(F)c(F)c(F)c1)c1ccc(Cl)c(S(=O)(=O)C2CC3CCC(C2)C3(O)C[N+]2([O-])C[C@@H](O)[C@H](O)C2)c1. The number of amides is 1. The number of halogens is 4. The maximum Gasteiger partial charge on any atom is 0.255 e. The number of carbonyl (C=O) groups is 1. The molecule has 4 atom stereocenters. The van der Waals surface area contributed by atoms with E-state index in [9.17, 15) is 46.9 Å². The lowest BCUT2D eigenvalue weighted by molar-refractivity contribution is -0.878. The van der Waals surface area contributed by atoms with Crippen molar-refractivity contribution in [1.82, 2.24) is 0 Å². The fraction of sp³-hybridized carbons (Fsp3) is 0.500. The Balaban J connectivity index is 1.35. The summed E-state index contributed by atoms with van der Waals surface area (Å²) in [5.41, 5.74) is -2.00. The van der Waals surface area contributed by atoms with Crippen LogP contribution in [-0.2, 0) is 9.84 Å². The predicted molar refractivity (Wildman–Crippen MR) is 137 cm³/mol. The molecule has 40 heavy (non-hydrogen) atoms. The summed E-state index contributed by atoms with van der Waals surface area (Å²) < 4.78 is 66.8. The largest absolute Gasteiger partial charge is 0.633 e. The van der Waals surface area contributed by atoms with E-state index < -0.39 is 72.7 Å². The van der Waals surface area contributed by atoms with Crippen LogP contribution in [0.25, 0.3) is 0 Å². The molecule has 9 nitrogen and oxygen atoms in total. The highest BCUT2D eigenvalue weighted by Gasteiger charge is 2.59. The van der Waals surface area contributed by atoms with E-state index in [-0.39, 0.29) is 53.6 Å². The summed E-state index contributed by atoms with van der Waals surface area (Å²) in [4.78, 5) is 12.4. The number of nitrogens with one attached hydrogen (secondary N) is 1. The summed E-state index contributed by atoms with van der Waals surface area (Å²) in [5.74, 6) is -6.66. The molecule has 218 valence electrons. The van der Waals surface area contributed by atoms with E-state index in [0.717, 1.165) is 6.07 Å². The highest BCUT2D eigenvalue weighted by molar-refractivity contribution is 7.92. The third-order valence-corrected chi connectivity index (χ3v) is 11.2. The van der Waals surface area contributed by atoms with Gasteiger partial charge in [0.25, 0.3) is 5.91 Å². The van der Waals surface area contributed by atoms with E-state index in [2.05, 4.69) is 5.32 Å². The van der Waals surface area contributed by atoms with E-state index in [0.29, 0.717) is 25.0 Å². The number of anilines is 1. The van der Waals surface area contributed by atoms with Crippen molar-refractivity contribution in [2.45, 2.75) is 53.6 Å². The van der Waals surface area contributed by atoms with Gasteiger partial charge in [0.15, 0.2) is 27.3 Å². The molecule has 1 amide bonds. The fourth-order valence-corrected chi connectivity index (χ4v) is 8.99. The van der Waals surface area contributed by atoms with Gasteiger partial charge in [-0.15, -0.1) is 0 Å². The van der Waals surface area contributed by atoms with Crippen molar-refractivity contribution in [2.24, 2.45) is 11.8 Å². The summed E-state index contributed by atoms with van der Waals surface area (Å²) in [5, 5.41) is 45.5. The van der Waals surface area contributed by atoms with Crippen LogP contribution >= 0.6 is 11.6 Å². The number of benzene rings is 2. The molecule has 2 bridgehead atoms. The monoisotopic (exact) mass is 604 g/mol. The molecule has 2 saturated carbocycles. The molecule has 0 spiro atoms. The Hall–Kier alpha value is -2.26. The maximum atomic E-state index is 13.7. The summed E-state index contributed by atoms with van der Waals surface area (Å²) in [6.07, 6.45) is -1.30. The molecule has 3 aliphatic rings. The Labute approximate surface area is 233 Å². The number of nitrogens with zero attached hydrogens (tertiary/aromatic N) is 1. The molecule has 1 aliphatic heterocycles. The molecule has 3 fully saturated rings. The first-order valence-corrected chi connectivity index (χ1v) is 14.7. The molecule has 1 heterocycles. The average Bonchev–Trinajstić information content (AvgIpc) is 3.16. The maximum absolute atomic E-state index is 13.7. The first-order chi connectivity index (χ1) is 18.6. The van der Waals surface area contributed by atoms with Gasteiger partial charge in [-0.2, -0.15) is 0 Å². The second-order valence-electron chi connectivity index (χ2n) is 11.2. The average molecular weight is 605 g/mol. The topological polar surface area (TPSA) is 147 Å². The lowest BCUT2D eigenvalue weighted by Gasteiger charge is -2.49. The van der Waals surface area contributed by atoms with E-state index in [1.165, 1.54) is 12.1 Å². The molecule has 5 rings (SSSR count). The number of sulfone groups is 1. The Morgan fingerprint density at radius 1 is 1.05 bits per heavy atom. The van der Waals surface area contributed by atoms with E-state index in [1.54, 1.807) is 0 Å². The molecule has 1 saturated heterocycles. The molecule has 14 heteroatoms. The smallest absolute Gasteiger partial charge is 0.255 e. The van der Waals surface area contributed by atoms with Crippen LogP contribution in [-0.4, -0.2) is 77.0 Å². The first-order valence-electron chi connectivity index (χ1n) is 12.8. The zero-order valence-corrected chi connectivity index (χ0v) is 22.6. The zero-order valence-electron chi connectivity index (χ0n) is 21.1. The predicted octanol–water partition coefficient (Wildman–Crippen LogP) is 2.75. The van der Waals surface area contributed by atoms with Gasteiger partial charge >= 0.3 is 0 Å². The first kappa shape index (κ1) is 29.2. The molecule has 0 aromatic heterocycles. The molecule has 4 N–H and O–H groups in total. The van der Waals surface area contributed by atoms with Gasteiger partial charge in [0.2, 0.25) is 0 Å². The van der Waals surface area contributed by atoms with Crippen molar-refractivity contribution in [2.75, 3.05) is 25.0 Å². The number of carbonyl (C=O) groups excluding carboxylic acids is 1. The number of rotatable bonds is 6.